The van der Waals surface area contributed by atoms with Gasteiger partial charge in [-0.15, -0.1) is 5.10 Å². The van der Waals surface area contributed by atoms with Crippen molar-refractivity contribution in [3.8, 4) is 23.1 Å². The van der Waals surface area contributed by atoms with E-state index < -0.39 is 24.3 Å². The maximum atomic E-state index is 13.0. The molecule has 0 unspecified atom stereocenters. The van der Waals surface area contributed by atoms with Crippen molar-refractivity contribution in [2.75, 3.05) is 6.61 Å². The molecule has 0 saturated carbocycles. The summed E-state index contributed by atoms with van der Waals surface area (Å²) < 4.78 is 44.9. The Balaban J connectivity index is 2.12. The van der Waals surface area contributed by atoms with Crippen LogP contribution in [0.5, 0.6) is 0 Å². The highest BCUT2D eigenvalue weighted by molar-refractivity contribution is 5.86. The predicted molar refractivity (Wildman–Crippen MR) is 87.7 cm³/mol. The SMILES string of the molecule is N#CCOC(=O)c1nc(-c2ccccc2)n(-c2cccc(C(F)(F)F)c2)n1. The molecule has 6 nitrogen and oxygen atoms in total. The third-order valence-electron chi connectivity index (χ3n) is 3.51. The van der Waals surface area contributed by atoms with E-state index >= 15 is 0 Å². The minimum absolute atomic E-state index is 0.0792. The van der Waals surface area contributed by atoms with Gasteiger partial charge in [-0.2, -0.15) is 18.4 Å². The second kappa shape index (κ2) is 7.29. The lowest BCUT2D eigenvalue weighted by atomic mass is 10.2. The van der Waals surface area contributed by atoms with Crippen molar-refractivity contribution in [2.24, 2.45) is 0 Å². The van der Waals surface area contributed by atoms with E-state index in [4.69, 9.17) is 5.26 Å². The Morgan fingerprint density at radius 1 is 1.15 bits per heavy atom. The smallest absolute Gasteiger partial charge is 0.416 e. The van der Waals surface area contributed by atoms with Crippen LogP contribution in [0.25, 0.3) is 17.1 Å². The third kappa shape index (κ3) is 3.95. The fourth-order valence-electron chi connectivity index (χ4n) is 2.33. The van der Waals surface area contributed by atoms with Crippen LogP contribution in [0.15, 0.2) is 54.6 Å². The molecule has 0 N–H and O–H groups in total. The molecule has 0 fully saturated rings. The van der Waals surface area contributed by atoms with Gasteiger partial charge < -0.3 is 4.74 Å². The van der Waals surface area contributed by atoms with Crippen LogP contribution in [0.2, 0.25) is 0 Å². The van der Waals surface area contributed by atoms with E-state index in [1.54, 1.807) is 36.4 Å². The number of carbonyl (C=O) groups is 1. The van der Waals surface area contributed by atoms with Gasteiger partial charge in [0.05, 0.1) is 11.3 Å². The van der Waals surface area contributed by atoms with Gasteiger partial charge in [-0.3, -0.25) is 0 Å². The van der Waals surface area contributed by atoms with Gasteiger partial charge in [0.25, 0.3) is 5.82 Å². The lowest BCUT2D eigenvalue weighted by Crippen LogP contribution is -2.09. The average molecular weight is 372 g/mol. The van der Waals surface area contributed by atoms with Crippen molar-refractivity contribution >= 4 is 5.97 Å². The van der Waals surface area contributed by atoms with Crippen LogP contribution in [0.1, 0.15) is 16.2 Å². The van der Waals surface area contributed by atoms with Crippen molar-refractivity contribution in [1.29, 1.82) is 5.26 Å². The number of ether oxygens (including phenoxy) is 1. The van der Waals surface area contributed by atoms with Crippen LogP contribution in [-0.4, -0.2) is 27.3 Å². The van der Waals surface area contributed by atoms with Crippen molar-refractivity contribution in [3.63, 3.8) is 0 Å². The van der Waals surface area contributed by atoms with E-state index in [1.165, 1.54) is 12.1 Å². The fourth-order valence-corrected chi connectivity index (χ4v) is 2.33. The average Bonchev–Trinajstić information content (AvgIpc) is 3.12. The minimum atomic E-state index is -4.53. The number of rotatable bonds is 4. The summed E-state index contributed by atoms with van der Waals surface area (Å²) in [6.07, 6.45) is -4.53. The van der Waals surface area contributed by atoms with Crippen molar-refractivity contribution in [2.45, 2.75) is 6.18 Å². The van der Waals surface area contributed by atoms with Gasteiger partial charge in [0.1, 0.15) is 6.07 Å². The molecule has 1 heterocycles. The van der Waals surface area contributed by atoms with Crippen molar-refractivity contribution in [1.82, 2.24) is 14.8 Å². The number of nitrogens with zero attached hydrogens (tertiary/aromatic N) is 4. The van der Waals surface area contributed by atoms with E-state index in [-0.39, 0.29) is 17.3 Å². The molecule has 0 radical (unpaired) electrons. The maximum Gasteiger partial charge on any atom is 0.416 e. The van der Waals surface area contributed by atoms with Gasteiger partial charge in [-0.1, -0.05) is 36.4 Å². The predicted octanol–water partition coefficient (Wildman–Crippen LogP) is 3.63. The van der Waals surface area contributed by atoms with Gasteiger partial charge >= 0.3 is 12.1 Å². The molecule has 0 aliphatic rings. The normalized spacial score (nSPS) is 11.0. The molecular weight excluding hydrogens is 361 g/mol. The summed E-state index contributed by atoms with van der Waals surface area (Å²) in [6.45, 7) is -0.488. The number of esters is 1. The lowest BCUT2D eigenvalue weighted by molar-refractivity contribution is -0.137. The van der Waals surface area contributed by atoms with Gasteiger partial charge in [-0.25, -0.2) is 14.5 Å². The number of hydrogen-bond donors (Lipinski definition) is 0. The Bertz CT molecular complexity index is 1010. The number of hydrogen-bond acceptors (Lipinski definition) is 5. The largest absolute Gasteiger partial charge is 0.444 e. The molecule has 0 amide bonds. The summed E-state index contributed by atoms with van der Waals surface area (Å²) in [5.41, 5.74) is -0.236. The maximum absolute atomic E-state index is 13.0. The van der Waals surface area contributed by atoms with Gasteiger partial charge in [0, 0.05) is 5.56 Å². The molecule has 3 rings (SSSR count). The van der Waals surface area contributed by atoms with Crippen LogP contribution in [0.4, 0.5) is 13.2 Å². The number of carbonyl (C=O) groups excluding carboxylic acids is 1. The van der Waals surface area contributed by atoms with Crippen molar-refractivity contribution in [3.05, 3.63) is 66.0 Å². The van der Waals surface area contributed by atoms with Crippen LogP contribution < -0.4 is 0 Å². The summed E-state index contributed by atoms with van der Waals surface area (Å²) in [4.78, 5) is 16.1. The molecular formula is C18H11F3N4O2. The Morgan fingerprint density at radius 3 is 2.56 bits per heavy atom. The molecule has 9 heteroatoms. The lowest BCUT2D eigenvalue weighted by Gasteiger charge is -2.10. The van der Waals surface area contributed by atoms with Crippen molar-refractivity contribution < 1.29 is 22.7 Å². The quantitative estimate of drug-likeness (QED) is 0.653. The number of aromatic nitrogens is 3. The molecule has 0 aliphatic carbocycles. The van der Waals surface area contributed by atoms with E-state index in [0.29, 0.717) is 5.56 Å². The topological polar surface area (TPSA) is 80.8 Å². The second-order valence-corrected chi connectivity index (χ2v) is 5.32. The zero-order valence-corrected chi connectivity index (χ0v) is 13.6. The first-order chi connectivity index (χ1) is 12.9. The third-order valence-corrected chi connectivity index (χ3v) is 3.51. The Labute approximate surface area is 151 Å². The number of benzene rings is 2. The number of halogens is 3. The van der Waals surface area contributed by atoms with Gasteiger partial charge in [0.2, 0.25) is 0 Å². The minimum Gasteiger partial charge on any atom is -0.444 e. The molecule has 3 aromatic rings. The summed E-state index contributed by atoms with van der Waals surface area (Å²) in [6, 6.07) is 14.7. The van der Waals surface area contributed by atoms with Crippen LogP contribution >= 0.6 is 0 Å². The van der Waals surface area contributed by atoms with Crippen LogP contribution in [0, 0.1) is 11.3 Å². The zero-order chi connectivity index (χ0) is 19.4. The molecule has 1 aromatic heterocycles. The van der Waals surface area contributed by atoms with E-state index in [9.17, 15) is 18.0 Å². The molecule has 27 heavy (non-hydrogen) atoms. The highest BCUT2D eigenvalue weighted by Gasteiger charge is 2.31. The Morgan fingerprint density at radius 2 is 1.89 bits per heavy atom. The summed E-state index contributed by atoms with van der Waals surface area (Å²) in [5, 5.41) is 12.5. The zero-order valence-electron chi connectivity index (χ0n) is 13.6. The first-order valence-corrected chi connectivity index (χ1v) is 7.64. The molecule has 0 spiro atoms. The second-order valence-electron chi connectivity index (χ2n) is 5.32. The van der Waals surface area contributed by atoms with Crippen LogP contribution in [0.3, 0.4) is 0 Å². The molecule has 0 bridgehead atoms. The van der Waals surface area contributed by atoms with E-state index in [2.05, 4.69) is 14.8 Å². The summed E-state index contributed by atoms with van der Waals surface area (Å²) in [7, 11) is 0. The molecule has 0 atom stereocenters. The number of alkyl halides is 3. The first kappa shape index (κ1) is 18.1. The monoisotopic (exact) mass is 372 g/mol. The number of nitriles is 1. The van der Waals surface area contributed by atoms with Crippen LogP contribution in [-0.2, 0) is 10.9 Å². The van der Waals surface area contributed by atoms with E-state index in [1.807, 2.05) is 0 Å². The standard InChI is InChI=1S/C18H11F3N4O2/c19-18(20,21)13-7-4-8-14(11-13)25-16(12-5-2-1-3-6-12)23-15(24-25)17(26)27-10-9-22/h1-8,11H,10H2. The van der Waals surface area contributed by atoms with Gasteiger partial charge in [-0.05, 0) is 18.2 Å². The molecule has 0 aliphatic heterocycles. The molecule has 2 aromatic carbocycles. The van der Waals surface area contributed by atoms with E-state index in [0.717, 1.165) is 16.8 Å². The van der Waals surface area contributed by atoms with Gasteiger partial charge in [0.15, 0.2) is 12.4 Å². The fraction of sp³-hybridized carbons (Fsp3) is 0.111. The highest BCUT2D eigenvalue weighted by Crippen LogP contribution is 2.31. The summed E-state index contributed by atoms with van der Waals surface area (Å²) >= 11 is 0. The Kier molecular flexibility index (Phi) is 4.90. The first-order valence-electron chi connectivity index (χ1n) is 7.64. The highest BCUT2D eigenvalue weighted by atomic mass is 19.4. The summed E-state index contributed by atoms with van der Waals surface area (Å²) in [5.74, 6) is -1.14. The molecule has 0 saturated heterocycles. The molecule has 136 valence electrons. The Hall–Kier alpha value is -3.67.